The standard InChI is InChI=1S/C7H15N3O2/c1-2-5(8)7(12)10-4-3-6(9)11/h5H,2-4,8H2,1H3,(H2,9,11)(H,10,12)/t5-/m1/s1. The summed E-state index contributed by atoms with van der Waals surface area (Å²) >= 11 is 0. The first kappa shape index (κ1) is 10.9. The fourth-order valence-electron chi connectivity index (χ4n) is 0.625. The lowest BCUT2D eigenvalue weighted by Gasteiger charge is -2.08. The summed E-state index contributed by atoms with van der Waals surface area (Å²) in [5.41, 5.74) is 10.3. The van der Waals surface area contributed by atoms with Crippen LogP contribution in [0.15, 0.2) is 0 Å². The van der Waals surface area contributed by atoms with E-state index in [1.165, 1.54) is 0 Å². The molecule has 0 aliphatic heterocycles. The first-order valence-corrected chi connectivity index (χ1v) is 3.89. The van der Waals surface area contributed by atoms with Gasteiger partial charge in [0.05, 0.1) is 6.04 Å². The van der Waals surface area contributed by atoms with E-state index in [0.717, 1.165) is 0 Å². The van der Waals surface area contributed by atoms with Crippen LogP contribution in [0, 0.1) is 0 Å². The largest absolute Gasteiger partial charge is 0.370 e. The van der Waals surface area contributed by atoms with E-state index in [9.17, 15) is 9.59 Å². The van der Waals surface area contributed by atoms with Crippen LogP contribution in [0.2, 0.25) is 0 Å². The van der Waals surface area contributed by atoms with E-state index in [1.807, 2.05) is 6.92 Å². The number of rotatable bonds is 5. The van der Waals surface area contributed by atoms with E-state index < -0.39 is 11.9 Å². The highest BCUT2D eigenvalue weighted by Gasteiger charge is 2.09. The van der Waals surface area contributed by atoms with Gasteiger partial charge in [0.25, 0.3) is 0 Å². The van der Waals surface area contributed by atoms with Crippen LogP contribution in [-0.4, -0.2) is 24.4 Å². The third kappa shape index (κ3) is 4.68. The minimum Gasteiger partial charge on any atom is -0.370 e. The van der Waals surface area contributed by atoms with Crippen molar-refractivity contribution in [3.8, 4) is 0 Å². The van der Waals surface area contributed by atoms with Gasteiger partial charge in [-0.15, -0.1) is 0 Å². The van der Waals surface area contributed by atoms with Gasteiger partial charge in [0, 0.05) is 13.0 Å². The monoisotopic (exact) mass is 173 g/mol. The summed E-state index contributed by atoms with van der Waals surface area (Å²) in [7, 11) is 0. The molecule has 1 atom stereocenters. The van der Waals surface area contributed by atoms with E-state index in [1.54, 1.807) is 0 Å². The molecule has 0 spiro atoms. The Balaban J connectivity index is 3.50. The molecule has 0 radical (unpaired) electrons. The highest BCUT2D eigenvalue weighted by molar-refractivity contribution is 5.82. The highest BCUT2D eigenvalue weighted by atomic mass is 16.2. The second kappa shape index (κ2) is 5.54. The zero-order valence-corrected chi connectivity index (χ0v) is 7.17. The lowest BCUT2D eigenvalue weighted by Crippen LogP contribution is -2.41. The van der Waals surface area contributed by atoms with Crippen molar-refractivity contribution >= 4 is 11.8 Å². The van der Waals surface area contributed by atoms with Crippen molar-refractivity contribution in [3.63, 3.8) is 0 Å². The molecule has 0 aromatic heterocycles. The van der Waals surface area contributed by atoms with Crippen LogP contribution in [0.4, 0.5) is 0 Å². The lowest BCUT2D eigenvalue weighted by atomic mass is 10.2. The van der Waals surface area contributed by atoms with Crippen LogP contribution in [0.1, 0.15) is 19.8 Å². The van der Waals surface area contributed by atoms with Crippen LogP contribution in [-0.2, 0) is 9.59 Å². The maximum absolute atomic E-state index is 11.0. The van der Waals surface area contributed by atoms with Crippen molar-refractivity contribution in [3.05, 3.63) is 0 Å². The van der Waals surface area contributed by atoms with E-state index in [0.29, 0.717) is 6.42 Å². The Bertz CT molecular complexity index is 170. The predicted molar refractivity (Wildman–Crippen MR) is 45.1 cm³/mol. The molecule has 5 nitrogen and oxygen atoms in total. The summed E-state index contributed by atoms with van der Waals surface area (Å²) in [6.45, 7) is 2.08. The Hall–Kier alpha value is -1.10. The molecular weight excluding hydrogens is 158 g/mol. The number of nitrogens with two attached hydrogens (primary N) is 2. The van der Waals surface area contributed by atoms with Crippen LogP contribution < -0.4 is 16.8 Å². The molecule has 70 valence electrons. The fraction of sp³-hybridized carbons (Fsp3) is 0.714. The first-order valence-electron chi connectivity index (χ1n) is 3.89. The summed E-state index contributed by atoms with van der Waals surface area (Å²) in [6, 6.07) is -0.488. The van der Waals surface area contributed by atoms with Gasteiger partial charge in [0.15, 0.2) is 0 Å². The van der Waals surface area contributed by atoms with Crippen molar-refractivity contribution in [2.24, 2.45) is 11.5 Å². The van der Waals surface area contributed by atoms with Gasteiger partial charge in [0.2, 0.25) is 11.8 Å². The first-order chi connectivity index (χ1) is 5.57. The zero-order chi connectivity index (χ0) is 9.56. The van der Waals surface area contributed by atoms with Gasteiger partial charge < -0.3 is 16.8 Å². The lowest BCUT2D eigenvalue weighted by molar-refractivity contribution is -0.122. The number of hydrogen-bond donors (Lipinski definition) is 3. The van der Waals surface area contributed by atoms with Crippen LogP contribution in [0.5, 0.6) is 0 Å². The molecule has 0 unspecified atom stereocenters. The number of carbonyl (C=O) groups is 2. The maximum Gasteiger partial charge on any atom is 0.236 e. The van der Waals surface area contributed by atoms with Gasteiger partial charge in [-0.25, -0.2) is 0 Å². The van der Waals surface area contributed by atoms with Gasteiger partial charge in [-0.2, -0.15) is 0 Å². The average molecular weight is 173 g/mol. The van der Waals surface area contributed by atoms with E-state index in [4.69, 9.17) is 11.5 Å². The summed E-state index contributed by atoms with van der Waals surface area (Å²) in [4.78, 5) is 21.2. The predicted octanol–water partition coefficient (Wildman–Crippen LogP) is -1.28. The van der Waals surface area contributed by atoms with Gasteiger partial charge >= 0.3 is 0 Å². The molecule has 0 aliphatic rings. The van der Waals surface area contributed by atoms with Gasteiger partial charge in [-0.05, 0) is 6.42 Å². The fourth-order valence-corrected chi connectivity index (χ4v) is 0.625. The molecule has 0 rings (SSSR count). The molecule has 0 aliphatic carbocycles. The van der Waals surface area contributed by atoms with Crippen LogP contribution in [0.3, 0.4) is 0 Å². The molecule has 5 heteroatoms. The molecule has 2 amide bonds. The molecule has 0 bridgehead atoms. The SMILES string of the molecule is CC[C@@H](N)C(=O)NCCC(N)=O. The summed E-state index contributed by atoms with van der Waals surface area (Å²) < 4.78 is 0. The topological polar surface area (TPSA) is 98.2 Å². The molecule has 0 fully saturated rings. The Morgan fingerprint density at radius 1 is 1.50 bits per heavy atom. The summed E-state index contributed by atoms with van der Waals surface area (Å²) in [5.74, 6) is -0.667. The van der Waals surface area contributed by atoms with E-state index >= 15 is 0 Å². The summed E-state index contributed by atoms with van der Waals surface area (Å²) in [6.07, 6.45) is 0.741. The number of hydrogen-bond acceptors (Lipinski definition) is 3. The second-order valence-corrected chi connectivity index (χ2v) is 2.52. The smallest absolute Gasteiger partial charge is 0.236 e. The minimum absolute atomic E-state index is 0.155. The molecule has 0 heterocycles. The molecule has 5 N–H and O–H groups in total. The Morgan fingerprint density at radius 2 is 2.08 bits per heavy atom. The molecular formula is C7H15N3O2. The molecule has 0 aromatic carbocycles. The van der Waals surface area contributed by atoms with Crippen LogP contribution >= 0.6 is 0 Å². The van der Waals surface area contributed by atoms with E-state index in [2.05, 4.69) is 5.32 Å². The molecule has 0 aromatic rings. The highest BCUT2D eigenvalue weighted by Crippen LogP contribution is 1.85. The van der Waals surface area contributed by atoms with Crippen molar-refractivity contribution in [1.29, 1.82) is 0 Å². The van der Waals surface area contributed by atoms with E-state index in [-0.39, 0.29) is 18.9 Å². The third-order valence-corrected chi connectivity index (χ3v) is 1.45. The minimum atomic E-state index is -0.488. The number of carbonyl (C=O) groups excluding carboxylic acids is 2. The van der Waals surface area contributed by atoms with Crippen LogP contribution in [0.25, 0.3) is 0 Å². The third-order valence-electron chi connectivity index (χ3n) is 1.45. The Morgan fingerprint density at radius 3 is 2.50 bits per heavy atom. The number of primary amides is 1. The molecule has 0 saturated heterocycles. The van der Waals surface area contributed by atoms with Crippen molar-refractivity contribution < 1.29 is 9.59 Å². The Labute approximate surface area is 71.5 Å². The zero-order valence-electron chi connectivity index (χ0n) is 7.17. The average Bonchev–Trinajstić information content (AvgIpc) is 2.02. The maximum atomic E-state index is 11.0. The van der Waals surface area contributed by atoms with Crippen molar-refractivity contribution in [2.75, 3.05) is 6.54 Å². The number of amides is 2. The number of nitrogens with one attached hydrogen (secondary N) is 1. The normalized spacial score (nSPS) is 12.2. The van der Waals surface area contributed by atoms with Crippen molar-refractivity contribution in [2.45, 2.75) is 25.8 Å². The Kier molecular flexibility index (Phi) is 5.03. The molecule has 12 heavy (non-hydrogen) atoms. The van der Waals surface area contributed by atoms with Gasteiger partial charge in [-0.1, -0.05) is 6.92 Å². The molecule has 0 saturated carbocycles. The quantitative estimate of drug-likeness (QED) is 0.482. The van der Waals surface area contributed by atoms with Crippen molar-refractivity contribution in [1.82, 2.24) is 5.32 Å². The van der Waals surface area contributed by atoms with Gasteiger partial charge in [-0.3, -0.25) is 9.59 Å². The summed E-state index contributed by atoms with van der Waals surface area (Å²) in [5, 5.41) is 2.50. The second-order valence-electron chi connectivity index (χ2n) is 2.52. The van der Waals surface area contributed by atoms with Gasteiger partial charge in [0.1, 0.15) is 0 Å².